The predicted octanol–water partition coefficient (Wildman–Crippen LogP) is 8.24. The highest BCUT2D eigenvalue weighted by Crippen LogP contribution is 2.67. The van der Waals surface area contributed by atoms with Crippen LogP contribution in [0.25, 0.3) is 6.08 Å². The van der Waals surface area contributed by atoms with E-state index in [4.69, 9.17) is 19.3 Å². The molecular formula is C48H60O13. The number of hydrogen-bond donors (Lipinski definition) is 5. The zero-order chi connectivity index (χ0) is 45.1. The lowest BCUT2D eigenvalue weighted by molar-refractivity contribution is -0.166. The van der Waals surface area contributed by atoms with Crippen molar-refractivity contribution in [3.63, 3.8) is 0 Å². The second-order valence-corrected chi connectivity index (χ2v) is 18.3. The van der Waals surface area contributed by atoms with Gasteiger partial charge in [-0.05, 0) is 115 Å². The molecule has 7 atom stereocenters. The minimum absolute atomic E-state index is 0.00208. The molecule has 0 spiro atoms. The van der Waals surface area contributed by atoms with Gasteiger partial charge in [-0.3, -0.25) is 4.79 Å². The van der Waals surface area contributed by atoms with E-state index in [1.54, 1.807) is 42.5 Å². The number of hydrogen-bond acceptors (Lipinski definition) is 12. The highest BCUT2D eigenvalue weighted by atomic mass is 16.6. The Kier molecular flexibility index (Phi) is 13.9. The summed E-state index contributed by atoms with van der Waals surface area (Å²) >= 11 is 0. The molecule has 13 heteroatoms. The molecule has 4 aliphatic carbocycles. The van der Waals surface area contributed by atoms with Gasteiger partial charge in [0.25, 0.3) is 0 Å². The highest BCUT2D eigenvalue weighted by molar-refractivity contribution is 5.91. The molecule has 0 aliphatic heterocycles. The monoisotopic (exact) mass is 844 g/mol. The van der Waals surface area contributed by atoms with E-state index in [0.717, 1.165) is 31.2 Å². The van der Waals surface area contributed by atoms with Crippen molar-refractivity contribution in [3.05, 3.63) is 83.4 Å². The number of esters is 3. The second kappa shape index (κ2) is 18.2. The van der Waals surface area contributed by atoms with Gasteiger partial charge < -0.3 is 44.5 Å². The van der Waals surface area contributed by atoms with Crippen LogP contribution in [0.2, 0.25) is 0 Å². The third-order valence-electron chi connectivity index (χ3n) is 14.7. The Labute approximate surface area is 357 Å². The number of para-hydroxylation sites is 1. The van der Waals surface area contributed by atoms with Crippen LogP contribution in [0.4, 0.5) is 0 Å². The summed E-state index contributed by atoms with van der Waals surface area (Å²) in [4.78, 5) is 45.7. The van der Waals surface area contributed by atoms with Crippen molar-refractivity contribution in [2.24, 2.45) is 33.5 Å². The number of carboxylic acids is 1. The van der Waals surface area contributed by atoms with E-state index in [-0.39, 0.29) is 74.8 Å². The molecule has 4 aliphatic rings. The maximum atomic E-state index is 12.3. The number of carbonyl (C=O) groups excluding carboxylic acids is 3. The lowest BCUT2D eigenvalue weighted by Crippen LogP contribution is -2.40. The number of methoxy groups -OCH3 is 1. The zero-order valence-corrected chi connectivity index (χ0v) is 36.3. The maximum absolute atomic E-state index is 12.3. The fourth-order valence-corrected chi connectivity index (χ4v) is 9.87. The molecule has 61 heavy (non-hydrogen) atoms. The lowest BCUT2D eigenvalue weighted by Gasteiger charge is -2.38. The van der Waals surface area contributed by atoms with Crippen molar-refractivity contribution in [2.45, 2.75) is 112 Å². The summed E-state index contributed by atoms with van der Waals surface area (Å²) in [6.07, 6.45) is 8.17. The van der Waals surface area contributed by atoms with Crippen LogP contribution >= 0.6 is 0 Å². The Hall–Kier alpha value is -5.56. The molecule has 5 N–H and O–H groups in total. The minimum Gasteiger partial charge on any atom is -0.504 e. The summed E-state index contributed by atoms with van der Waals surface area (Å²) in [5.74, 6) is -1.33. The maximum Gasteiger partial charge on any atom is 0.339 e. The van der Waals surface area contributed by atoms with E-state index in [2.05, 4.69) is 46.3 Å². The first-order valence-corrected chi connectivity index (χ1v) is 20.7. The van der Waals surface area contributed by atoms with Gasteiger partial charge in [-0.25, -0.2) is 14.4 Å². The largest absolute Gasteiger partial charge is 0.504 e. The number of aliphatic hydroxyl groups is 1. The van der Waals surface area contributed by atoms with Crippen LogP contribution in [0.5, 0.6) is 28.7 Å². The van der Waals surface area contributed by atoms with Gasteiger partial charge in [0.2, 0.25) is 0 Å². The molecule has 0 amide bonds. The van der Waals surface area contributed by atoms with Crippen molar-refractivity contribution in [1.82, 2.24) is 0 Å². The summed E-state index contributed by atoms with van der Waals surface area (Å²) in [5.41, 5.74) is 1.73. The molecule has 13 nitrogen and oxygen atoms in total. The number of ether oxygens (including phenoxy) is 4. The highest BCUT2D eigenvalue weighted by Gasteiger charge is 2.64. The fraction of sp³-hybridized carbons (Fsp3) is 0.500. The third kappa shape index (κ3) is 9.67. The Bertz CT molecular complexity index is 2140. The topological polar surface area (TPSA) is 206 Å². The number of aromatic hydroxyl groups is 3. The number of fused-ring (bicyclic) bond motifs is 4. The number of phenols is 3. The van der Waals surface area contributed by atoms with E-state index >= 15 is 0 Å². The van der Waals surface area contributed by atoms with Gasteiger partial charge in [-0.1, -0.05) is 65.8 Å². The number of carbonyl (C=O) groups is 4. The van der Waals surface area contributed by atoms with Crippen LogP contribution < -0.4 is 9.47 Å². The molecule has 330 valence electrons. The van der Waals surface area contributed by atoms with Crippen LogP contribution in [0.3, 0.4) is 0 Å². The minimum atomic E-state index is -1.28. The van der Waals surface area contributed by atoms with E-state index in [0.29, 0.717) is 23.1 Å². The number of benzene rings is 3. The molecule has 0 aromatic heterocycles. The first-order valence-electron chi connectivity index (χ1n) is 20.7. The summed E-state index contributed by atoms with van der Waals surface area (Å²) in [7, 11) is 1.49. The first kappa shape index (κ1) is 46.5. The Balaban J connectivity index is 0.000000182. The Morgan fingerprint density at radius 3 is 1.84 bits per heavy atom. The van der Waals surface area contributed by atoms with Gasteiger partial charge in [0.1, 0.15) is 23.5 Å². The number of aromatic carboxylic acids is 1. The normalized spacial score (nSPS) is 26.6. The van der Waals surface area contributed by atoms with Crippen molar-refractivity contribution in [1.29, 1.82) is 0 Å². The van der Waals surface area contributed by atoms with E-state index in [9.17, 15) is 39.6 Å². The molecule has 0 saturated heterocycles. The van der Waals surface area contributed by atoms with Crippen LogP contribution in [0.15, 0.2) is 66.7 Å². The van der Waals surface area contributed by atoms with Gasteiger partial charge >= 0.3 is 23.9 Å². The SMILES string of the molecule is CC(=O)Oc1ccccc1C(=O)O.CC1(C)[C@@H]2CC[C@@]1(C)[C@@H](OC(=O)[C@H](O)Cc1ccc(O)c(O)c1)C2.COc1cc(/C=C/C(=O)O[C@H]2C[C@H]3CC[C@]2(C)C3(C)C)ccc1O. The number of phenolic OH excluding ortho intramolecular Hbond substituents is 3. The van der Waals surface area contributed by atoms with Gasteiger partial charge in [-0.2, -0.15) is 0 Å². The summed E-state index contributed by atoms with van der Waals surface area (Å²) in [6, 6.07) is 15.2. The number of carboxylic acid groups (broad SMARTS) is 1. The van der Waals surface area contributed by atoms with Gasteiger partial charge in [-0.15, -0.1) is 0 Å². The van der Waals surface area contributed by atoms with Crippen molar-refractivity contribution in [3.8, 4) is 28.7 Å². The van der Waals surface area contributed by atoms with Crippen LogP contribution in [0, 0.1) is 33.5 Å². The standard InChI is InChI=1S/C20H26O4.C19H26O5.C9H8O4/c1-19(2)14-9-10-20(19,3)17(12-14)24-18(22)8-6-13-5-7-15(21)16(11-13)23-4;1-18(2)12-6-7-19(18,3)16(10-12)24-17(23)15(22)9-11-4-5-13(20)14(21)8-11;1-6(10)13-8-5-3-2-4-7(8)9(11)12/h5-8,11,14,17,21H,9-10,12H2,1-4H3;4-5,8,12,15-16,20-22H,6-7,9-10H2,1-3H3;2-5H,1H3,(H,11,12)/b8-6+;;/t14-,17+,20+;12-,15-,16+,19+;/m11./s1. The summed E-state index contributed by atoms with van der Waals surface area (Å²) < 4.78 is 21.2. The summed E-state index contributed by atoms with van der Waals surface area (Å²) in [5, 5.41) is 47.3. The predicted molar refractivity (Wildman–Crippen MR) is 226 cm³/mol. The van der Waals surface area contributed by atoms with Crippen molar-refractivity contribution in [2.75, 3.05) is 7.11 Å². The Morgan fingerprint density at radius 2 is 1.33 bits per heavy atom. The first-order chi connectivity index (χ1) is 28.5. The lowest BCUT2D eigenvalue weighted by atomic mass is 9.70. The second-order valence-electron chi connectivity index (χ2n) is 18.3. The number of aliphatic hydroxyl groups excluding tert-OH is 1. The molecular weight excluding hydrogens is 785 g/mol. The third-order valence-corrected chi connectivity index (χ3v) is 14.7. The van der Waals surface area contributed by atoms with Crippen molar-refractivity contribution >= 4 is 30.0 Å². The van der Waals surface area contributed by atoms with Gasteiger partial charge in [0.15, 0.2) is 29.1 Å². The average molecular weight is 845 g/mol. The molecule has 4 bridgehead atoms. The molecule has 0 radical (unpaired) electrons. The molecule has 0 unspecified atom stereocenters. The molecule has 4 fully saturated rings. The van der Waals surface area contributed by atoms with Gasteiger partial charge in [0.05, 0.1) is 7.11 Å². The Morgan fingerprint density at radius 1 is 0.754 bits per heavy atom. The van der Waals surface area contributed by atoms with Crippen LogP contribution in [-0.2, 0) is 30.3 Å². The fourth-order valence-electron chi connectivity index (χ4n) is 9.87. The molecule has 0 heterocycles. The van der Waals surface area contributed by atoms with Crippen molar-refractivity contribution < 1.29 is 63.7 Å². The summed E-state index contributed by atoms with van der Waals surface area (Å²) in [6.45, 7) is 14.8. The van der Waals surface area contributed by atoms with Crippen LogP contribution in [0.1, 0.15) is 108 Å². The number of rotatable bonds is 10. The molecule has 4 saturated carbocycles. The molecule has 7 rings (SSSR count). The molecule has 3 aromatic carbocycles. The van der Waals surface area contributed by atoms with E-state index < -0.39 is 24.0 Å². The molecule has 3 aromatic rings. The smallest absolute Gasteiger partial charge is 0.339 e. The van der Waals surface area contributed by atoms with Crippen LogP contribution in [-0.4, -0.2) is 74.8 Å². The van der Waals surface area contributed by atoms with Gasteiger partial charge in [0, 0.05) is 30.3 Å². The average Bonchev–Trinajstić information content (AvgIpc) is 3.72. The quantitative estimate of drug-likeness (QED) is 0.0565. The zero-order valence-electron chi connectivity index (χ0n) is 36.3. The van der Waals surface area contributed by atoms with E-state index in [1.165, 1.54) is 57.2 Å². The van der Waals surface area contributed by atoms with E-state index in [1.807, 2.05) is 0 Å².